The van der Waals surface area contributed by atoms with Gasteiger partial charge in [0.05, 0.1) is 4.90 Å². The van der Waals surface area contributed by atoms with Crippen molar-refractivity contribution in [3.05, 3.63) is 53.2 Å². The molecule has 106 valence electrons. The Hall–Kier alpha value is -1.92. The molecular formula is C14H17N3O2S. The lowest BCUT2D eigenvalue weighted by Gasteiger charge is -2.11. The molecule has 20 heavy (non-hydrogen) atoms. The summed E-state index contributed by atoms with van der Waals surface area (Å²) in [5.74, 6) is 0.272. The predicted molar refractivity (Wildman–Crippen MR) is 78.9 cm³/mol. The Morgan fingerprint density at radius 1 is 1.20 bits per heavy atom. The van der Waals surface area contributed by atoms with E-state index in [0.717, 1.165) is 11.1 Å². The minimum atomic E-state index is -3.65. The van der Waals surface area contributed by atoms with Gasteiger partial charge in [-0.3, -0.25) is 4.72 Å². The molecule has 0 spiro atoms. The zero-order chi connectivity index (χ0) is 14.8. The van der Waals surface area contributed by atoms with Crippen LogP contribution in [0, 0.1) is 13.8 Å². The zero-order valence-electron chi connectivity index (χ0n) is 11.4. The van der Waals surface area contributed by atoms with Crippen LogP contribution in [-0.4, -0.2) is 13.4 Å². The highest BCUT2D eigenvalue weighted by Crippen LogP contribution is 2.19. The van der Waals surface area contributed by atoms with Crippen molar-refractivity contribution in [3.8, 4) is 0 Å². The first-order chi connectivity index (χ1) is 9.44. The molecule has 0 aliphatic carbocycles. The average Bonchev–Trinajstić information content (AvgIpc) is 2.42. The molecule has 3 N–H and O–H groups in total. The van der Waals surface area contributed by atoms with E-state index < -0.39 is 10.0 Å². The van der Waals surface area contributed by atoms with Crippen molar-refractivity contribution in [2.75, 3.05) is 4.72 Å². The minimum Gasteiger partial charge on any atom is -0.326 e. The lowest BCUT2D eigenvalue weighted by atomic mass is 10.1. The molecule has 0 bridgehead atoms. The summed E-state index contributed by atoms with van der Waals surface area (Å²) < 4.78 is 27.2. The molecular weight excluding hydrogens is 274 g/mol. The van der Waals surface area contributed by atoms with Crippen molar-refractivity contribution in [1.82, 2.24) is 4.98 Å². The number of aryl methyl sites for hydroxylation is 2. The van der Waals surface area contributed by atoms with Gasteiger partial charge in [-0.1, -0.05) is 12.1 Å². The fraction of sp³-hybridized carbons (Fsp3) is 0.214. The third-order valence-corrected chi connectivity index (χ3v) is 4.47. The van der Waals surface area contributed by atoms with Crippen molar-refractivity contribution in [3.63, 3.8) is 0 Å². The fourth-order valence-electron chi connectivity index (χ4n) is 1.76. The lowest BCUT2D eigenvalue weighted by molar-refractivity contribution is 0.601. The highest BCUT2D eigenvalue weighted by molar-refractivity contribution is 7.92. The number of nitrogens with two attached hydrogens (primary N) is 1. The average molecular weight is 291 g/mol. The summed E-state index contributed by atoms with van der Waals surface area (Å²) in [6.45, 7) is 4.03. The summed E-state index contributed by atoms with van der Waals surface area (Å²) in [4.78, 5) is 4.25. The van der Waals surface area contributed by atoms with E-state index in [2.05, 4.69) is 9.71 Å². The van der Waals surface area contributed by atoms with E-state index >= 15 is 0 Å². The summed E-state index contributed by atoms with van der Waals surface area (Å²) >= 11 is 0. The molecule has 0 aliphatic rings. The van der Waals surface area contributed by atoms with Gasteiger partial charge in [0.1, 0.15) is 5.82 Å². The number of nitrogens with one attached hydrogen (secondary N) is 1. The van der Waals surface area contributed by atoms with Crippen LogP contribution >= 0.6 is 0 Å². The van der Waals surface area contributed by atoms with E-state index in [1.165, 1.54) is 6.20 Å². The van der Waals surface area contributed by atoms with Crippen molar-refractivity contribution >= 4 is 15.8 Å². The van der Waals surface area contributed by atoms with Gasteiger partial charge in [-0.05, 0) is 43.2 Å². The first-order valence-corrected chi connectivity index (χ1v) is 7.66. The number of hydrogen-bond acceptors (Lipinski definition) is 4. The van der Waals surface area contributed by atoms with E-state index in [-0.39, 0.29) is 17.3 Å². The molecule has 0 aliphatic heterocycles. The molecule has 5 nitrogen and oxygen atoms in total. The van der Waals surface area contributed by atoms with Crippen LogP contribution in [0.2, 0.25) is 0 Å². The lowest BCUT2D eigenvalue weighted by Crippen LogP contribution is -2.16. The maximum Gasteiger partial charge on any atom is 0.263 e. The topological polar surface area (TPSA) is 85.1 Å². The van der Waals surface area contributed by atoms with E-state index in [1.807, 2.05) is 13.8 Å². The van der Waals surface area contributed by atoms with Gasteiger partial charge in [0.2, 0.25) is 0 Å². The third-order valence-electron chi connectivity index (χ3n) is 3.13. The largest absolute Gasteiger partial charge is 0.326 e. The quantitative estimate of drug-likeness (QED) is 0.901. The van der Waals surface area contributed by atoms with Crippen LogP contribution in [0.4, 0.5) is 5.82 Å². The highest BCUT2D eigenvalue weighted by atomic mass is 32.2. The Balaban J connectivity index is 2.38. The second kappa shape index (κ2) is 5.60. The fourth-order valence-corrected chi connectivity index (χ4v) is 2.90. The highest BCUT2D eigenvalue weighted by Gasteiger charge is 2.16. The summed E-state index contributed by atoms with van der Waals surface area (Å²) in [5, 5.41) is 0. The van der Waals surface area contributed by atoms with E-state index in [4.69, 9.17) is 5.73 Å². The molecule has 1 aromatic heterocycles. The van der Waals surface area contributed by atoms with Gasteiger partial charge in [-0.25, -0.2) is 13.4 Å². The van der Waals surface area contributed by atoms with E-state index in [0.29, 0.717) is 5.56 Å². The first kappa shape index (κ1) is 14.5. The SMILES string of the molecule is Cc1ccc(S(=O)(=O)Nc2ncccc2CN)cc1C. The Morgan fingerprint density at radius 2 is 1.95 bits per heavy atom. The maximum atomic E-state index is 12.3. The summed E-state index contributed by atoms with van der Waals surface area (Å²) in [5.41, 5.74) is 8.20. The number of aromatic nitrogens is 1. The van der Waals surface area contributed by atoms with E-state index in [1.54, 1.807) is 30.3 Å². The zero-order valence-corrected chi connectivity index (χ0v) is 12.2. The molecule has 0 fully saturated rings. The van der Waals surface area contributed by atoms with Gasteiger partial charge in [0.15, 0.2) is 0 Å². The standard InChI is InChI=1S/C14H17N3O2S/c1-10-5-6-13(8-11(10)2)20(18,19)17-14-12(9-15)4-3-7-16-14/h3-8H,9,15H2,1-2H3,(H,16,17). The van der Waals surface area contributed by atoms with Crippen molar-refractivity contribution in [2.24, 2.45) is 5.73 Å². The summed E-state index contributed by atoms with van der Waals surface area (Å²) in [7, 11) is -3.65. The maximum absolute atomic E-state index is 12.3. The van der Waals surface area contributed by atoms with Crippen LogP contribution in [0.1, 0.15) is 16.7 Å². The van der Waals surface area contributed by atoms with Crippen molar-refractivity contribution in [1.29, 1.82) is 0 Å². The smallest absolute Gasteiger partial charge is 0.263 e. The van der Waals surface area contributed by atoms with Crippen LogP contribution in [-0.2, 0) is 16.6 Å². The van der Waals surface area contributed by atoms with Gasteiger partial charge < -0.3 is 5.73 Å². The summed E-state index contributed by atoms with van der Waals surface area (Å²) in [6.07, 6.45) is 1.53. The van der Waals surface area contributed by atoms with Crippen molar-refractivity contribution in [2.45, 2.75) is 25.3 Å². The van der Waals surface area contributed by atoms with Gasteiger partial charge in [0.25, 0.3) is 10.0 Å². The first-order valence-electron chi connectivity index (χ1n) is 6.18. The van der Waals surface area contributed by atoms with Crippen LogP contribution in [0.25, 0.3) is 0 Å². The number of nitrogens with zero attached hydrogens (tertiary/aromatic N) is 1. The molecule has 2 rings (SSSR count). The molecule has 2 aromatic rings. The van der Waals surface area contributed by atoms with Gasteiger partial charge >= 0.3 is 0 Å². The number of hydrogen-bond donors (Lipinski definition) is 2. The van der Waals surface area contributed by atoms with Crippen LogP contribution in [0.15, 0.2) is 41.4 Å². The number of sulfonamides is 1. The molecule has 0 saturated heterocycles. The Kier molecular flexibility index (Phi) is 4.06. The van der Waals surface area contributed by atoms with E-state index in [9.17, 15) is 8.42 Å². The molecule has 0 saturated carbocycles. The van der Waals surface area contributed by atoms with Gasteiger partial charge in [-0.2, -0.15) is 0 Å². The number of rotatable bonds is 4. The molecule has 0 amide bonds. The molecule has 1 aromatic carbocycles. The number of benzene rings is 1. The Labute approximate surface area is 118 Å². The van der Waals surface area contributed by atoms with Crippen LogP contribution in [0.3, 0.4) is 0 Å². The normalized spacial score (nSPS) is 11.3. The monoisotopic (exact) mass is 291 g/mol. The number of anilines is 1. The van der Waals surface area contributed by atoms with Gasteiger partial charge in [0, 0.05) is 18.3 Å². The van der Waals surface area contributed by atoms with Gasteiger partial charge in [-0.15, -0.1) is 0 Å². The predicted octanol–water partition coefficient (Wildman–Crippen LogP) is 1.96. The Morgan fingerprint density at radius 3 is 2.60 bits per heavy atom. The second-order valence-corrected chi connectivity index (χ2v) is 6.25. The molecule has 6 heteroatoms. The van der Waals surface area contributed by atoms with Crippen LogP contribution in [0.5, 0.6) is 0 Å². The summed E-state index contributed by atoms with van der Waals surface area (Å²) in [6, 6.07) is 8.46. The molecule has 1 heterocycles. The Bertz CT molecular complexity index is 727. The molecule has 0 atom stereocenters. The minimum absolute atomic E-state index is 0.217. The molecule has 0 unspecified atom stereocenters. The third kappa shape index (κ3) is 2.97. The molecule has 0 radical (unpaired) electrons. The van der Waals surface area contributed by atoms with Crippen LogP contribution < -0.4 is 10.5 Å². The second-order valence-electron chi connectivity index (χ2n) is 4.57. The number of pyridine rings is 1. The van der Waals surface area contributed by atoms with Crippen molar-refractivity contribution < 1.29 is 8.42 Å².